The molecule has 0 saturated carbocycles. The fraction of sp³-hybridized carbons (Fsp3) is 0.700. The lowest BCUT2D eigenvalue weighted by molar-refractivity contribution is -0.121. The molecule has 1 rings (SSSR count). The minimum atomic E-state index is 0.0553. The summed E-state index contributed by atoms with van der Waals surface area (Å²) in [7, 11) is 3.75. The Morgan fingerprint density at radius 1 is 1.56 bits per heavy atom. The third-order valence-electron chi connectivity index (χ3n) is 2.00. The Kier molecular flexibility index (Phi) is 4.91. The van der Waals surface area contributed by atoms with Crippen molar-refractivity contribution in [2.75, 3.05) is 27.2 Å². The normalized spacial score (nSPS) is 10.8. The molecule has 0 spiro atoms. The molecule has 16 heavy (non-hydrogen) atoms. The van der Waals surface area contributed by atoms with Gasteiger partial charge in [0.2, 0.25) is 5.91 Å². The van der Waals surface area contributed by atoms with Gasteiger partial charge in [0.25, 0.3) is 0 Å². The first-order valence-corrected chi connectivity index (χ1v) is 5.36. The highest BCUT2D eigenvalue weighted by Gasteiger charge is 2.01. The molecule has 1 N–H and O–H groups in total. The van der Waals surface area contributed by atoms with Crippen molar-refractivity contribution in [1.82, 2.24) is 25.2 Å². The molecule has 0 saturated heterocycles. The maximum absolute atomic E-state index is 11.3. The van der Waals surface area contributed by atoms with Crippen LogP contribution in [0.25, 0.3) is 0 Å². The van der Waals surface area contributed by atoms with E-state index in [4.69, 9.17) is 0 Å². The first-order chi connectivity index (χ1) is 7.58. The molecule has 90 valence electrons. The molecule has 0 radical (unpaired) electrons. The monoisotopic (exact) mass is 225 g/mol. The lowest BCUT2D eigenvalue weighted by Crippen LogP contribution is -2.34. The minimum absolute atomic E-state index is 0.0553. The van der Waals surface area contributed by atoms with Gasteiger partial charge < -0.3 is 10.2 Å². The standard InChI is InChI=1S/C10H19N5O/c1-9-7-15(13-12-9)6-4-5-11-10(16)8-14(2)3/h7H,4-6,8H2,1-3H3,(H,11,16). The molecule has 0 aliphatic carbocycles. The van der Waals surface area contributed by atoms with Crippen LogP contribution < -0.4 is 5.32 Å². The fourth-order valence-electron chi connectivity index (χ4n) is 1.32. The Bertz CT molecular complexity index is 334. The van der Waals surface area contributed by atoms with E-state index in [2.05, 4.69) is 15.6 Å². The lowest BCUT2D eigenvalue weighted by atomic mass is 10.4. The summed E-state index contributed by atoms with van der Waals surface area (Å²) in [5.74, 6) is 0.0553. The predicted octanol–water partition coefficient (Wildman–Crippen LogP) is -0.346. The summed E-state index contributed by atoms with van der Waals surface area (Å²) in [6.07, 6.45) is 2.75. The Morgan fingerprint density at radius 3 is 2.88 bits per heavy atom. The molecule has 1 aromatic rings. The molecule has 1 heterocycles. The minimum Gasteiger partial charge on any atom is -0.355 e. The second kappa shape index (κ2) is 6.22. The van der Waals surface area contributed by atoms with Crippen molar-refractivity contribution in [2.45, 2.75) is 19.9 Å². The summed E-state index contributed by atoms with van der Waals surface area (Å²) >= 11 is 0. The van der Waals surface area contributed by atoms with Gasteiger partial charge in [-0.1, -0.05) is 5.21 Å². The Labute approximate surface area is 95.6 Å². The van der Waals surface area contributed by atoms with Gasteiger partial charge >= 0.3 is 0 Å². The molecule has 0 aliphatic heterocycles. The molecule has 1 amide bonds. The maximum atomic E-state index is 11.3. The molecule has 0 aromatic carbocycles. The number of hydrogen-bond donors (Lipinski definition) is 1. The third kappa shape index (κ3) is 4.88. The molecule has 6 nitrogen and oxygen atoms in total. The molecular formula is C10H19N5O. The summed E-state index contributed by atoms with van der Waals surface area (Å²) in [5, 5.41) is 10.7. The summed E-state index contributed by atoms with van der Waals surface area (Å²) in [6.45, 7) is 3.79. The zero-order chi connectivity index (χ0) is 12.0. The van der Waals surface area contributed by atoms with E-state index in [0.717, 1.165) is 18.7 Å². The number of nitrogens with one attached hydrogen (secondary N) is 1. The van der Waals surface area contributed by atoms with Crippen LogP contribution in [0.1, 0.15) is 12.1 Å². The van der Waals surface area contributed by atoms with Gasteiger partial charge in [0.1, 0.15) is 0 Å². The first-order valence-electron chi connectivity index (χ1n) is 5.36. The summed E-state index contributed by atoms with van der Waals surface area (Å²) in [6, 6.07) is 0. The number of likely N-dealkylation sites (N-methyl/N-ethyl adjacent to an activating group) is 1. The average molecular weight is 225 g/mol. The van der Waals surface area contributed by atoms with E-state index in [1.807, 2.05) is 32.1 Å². The summed E-state index contributed by atoms with van der Waals surface area (Å²) in [5.41, 5.74) is 0.914. The van der Waals surface area contributed by atoms with Gasteiger partial charge in [0, 0.05) is 19.3 Å². The van der Waals surface area contributed by atoms with Crippen molar-refractivity contribution in [3.05, 3.63) is 11.9 Å². The van der Waals surface area contributed by atoms with Gasteiger partial charge in [-0.05, 0) is 27.4 Å². The molecule has 0 bridgehead atoms. The van der Waals surface area contributed by atoms with Crippen LogP contribution in [0.4, 0.5) is 0 Å². The van der Waals surface area contributed by atoms with Crippen LogP contribution in [0.15, 0.2) is 6.20 Å². The largest absolute Gasteiger partial charge is 0.355 e. The molecular weight excluding hydrogens is 206 g/mol. The van der Waals surface area contributed by atoms with Crippen molar-refractivity contribution in [3.8, 4) is 0 Å². The number of aryl methyl sites for hydroxylation is 2. The van der Waals surface area contributed by atoms with E-state index in [0.29, 0.717) is 13.1 Å². The Balaban J connectivity index is 2.10. The van der Waals surface area contributed by atoms with Crippen LogP contribution >= 0.6 is 0 Å². The van der Waals surface area contributed by atoms with Gasteiger partial charge in [0.05, 0.1) is 12.2 Å². The summed E-state index contributed by atoms with van der Waals surface area (Å²) < 4.78 is 1.79. The molecule has 0 atom stereocenters. The second-order valence-electron chi connectivity index (χ2n) is 4.06. The van der Waals surface area contributed by atoms with Crippen LogP contribution in [0.2, 0.25) is 0 Å². The zero-order valence-electron chi connectivity index (χ0n) is 10.1. The Hall–Kier alpha value is -1.43. The van der Waals surface area contributed by atoms with Crippen molar-refractivity contribution in [2.24, 2.45) is 0 Å². The number of hydrogen-bond acceptors (Lipinski definition) is 4. The number of carbonyl (C=O) groups is 1. The smallest absolute Gasteiger partial charge is 0.234 e. The highest BCUT2D eigenvalue weighted by atomic mass is 16.1. The van der Waals surface area contributed by atoms with Crippen LogP contribution in [0.5, 0.6) is 0 Å². The van der Waals surface area contributed by atoms with E-state index >= 15 is 0 Å². The van der Waals surface area contributed by atoms with Gasteiger partial charge in [-0.25, -0.2) is 0 Å². The molecule has 0 fully saturated rings. The summed E-state index contributed by atoms with van der Waals surface area (Å²) in [4.78, 5) is 13.1. The van der Waals surface area contributed by atoms with E-state index < -0.39 is 0 Å². The topological polar surface area (TPSA) is 63.1 Å². The van der Waals surface area contributed by atoms with E-state index in [1.165, 1.54) is 0 Å². The van der Waals surface area contributed by atoms with E-state index in [9.17, 15) is 4.79 Å². The molecule has 0 aliphatic rings. The van der Waals surface area contributed by atoms with Gasteiger partial charge in [0.15, 0.2) is 0 Å². The number of nitrogens with zero attached hydrogens (tertiary/aromatic N) is 4. The van der Waals surface area contributed by atoms with Gasteiger partial charge in [-0.15, -0.1) is 5.10 Å². The van der Waals surface area contributed by atoms with E-state index in [1.54, 1.807) is 4.68 Å². The van der Waals surface area contributed by atoms with Gasteiger partial charge in [-0.2, -0.15) is 0 Å². The highest BCUT2D eigenvalue weighted by molar-refractivity contribution is 5.77. The third-order valence-corrected chi connectivity index (χ3v) is 2.00. The number of amides is 1. The molecule has 1 aromatic heterocycles. The lowest BCUT2D eigenvalue weighted by Gasteiger charge is -2.09. The second-order valence-corrected chi connectivity index (χ2v) is 4.06. The zero-order valence-corrected chi connectivity index (χ0v) is 10.1. The van der Waals surface area contributed by atoms with Crippen molar-refractivity contribution < 1.29 is 4.79 Å². The number of aromatic nitrogens is 3. The van der Waals surface area contributed by atoms with Crippen LogP contribution in [0, 0.1) is 6.92 Å². The molecule has 6 heteroatoms. The molecule has 0 unspecified atom stereocenters. The van der Waals surface area contributed by atoms with Crippen molar-refractivity contribution >= 4 is 5.91 Å². The van der Waals surface area contributed by atoms with Crippen molar-refractivity contribution in [1.29, 1.82) is 0 Å². The van der Waals surface area contributed by atoms with Crippen LogP contribution in [-0.2, 0) is 11.3 Å². The predicted molar refractivity (Wildman–Crippen MR) is 60.9 cm³/mol. The fourth-order valence-corrected chi connectivity index (χ4v) is 1.32. The average Bonchev–Trinajstić information content (AvgIpc) is 2.58. The highest BCUT2D eigenvalue weighted by Crippen LogP contribution is 1.91. The van der Waals surface area contributed by atoms with Crippen LogP contribution in [0.3, 0.4) is 0 Å². The van der Waals surface area contributed by atoms with E-state index in [-0.39, 0.29) is 5.91 Å². The number of rotatable bonds is 6. The van der Waals surface area contributed by atoms with Gasteiger partial charge in [-0.3, -0.25) is 9.48 Å². The Morgan fingerprint density at radius 2 is 2.31 bits per heavy atom. The van der Waals surface area contributed by atoms with Crippen molar-refractivity contribution in [3.63, 3.8) is 0 Å². The first kappa shape index (κ1) is 12.6. The number of carbonyl (C=O) groups excluding carboxylic acids is 1. The SMILES string of the molecule is Cc1cn(CCCNC(=O)CN(C)C)nn1. The van der Waals surface area contributed by atoms with Crippen LogP contribution in [-0.4, -0.2) is 53.0 Å². The quantitative estimate of drug-likeness (QED) is 0.672. The maximum Gasteiger partial charge on any atom is 0.234 e.